The summed E-state index contributed by atoms with van der Waals surface area (Å²) in [6, 6.07) is 7.50. The molecule has 1 aliphatic heterocycles. The number of amides is 1. The van der Waals surface area contributed by atoms with Gasteiger partial charge in [0.25, 0.3) is 0 Å². The smallest absolute Gasteiger partial charge is 0.696 e. The van der Waals surface area contributed by atoms with Gasteiger partial charge >= 0.3 is 57.4 Å². The van der Waals surface area contributed by atoms with Gasteiger partial charge in [-0.3, -0.25) is 4.79 Å². The maximum Gasteiger partial charge on any atom is 1.00 e. The number of aryl methyl sites for hydroxylation is 6. The number of nitrogens with two attached hydrogens (primary N) is 4. The topological polar surface area (TPSA) is 462 Å². The third-order valence-electron chi connectivity index (χ3n) is 19.3. The minimum Gasteiger partial charge on any atom is -0.696 e. The number of oxazole rings is 5. The van der Waals surface area contributed by atoms with Crippen molar-refractivity contribution >= 4 is 230 Å². The van der Waals surface area contributed by atoms with E-state index >= 15 is 0 Å². The molecule has 13 N–H and O–H groups in total. The van der Waals surface area contributed by atoms with E-state index in [-0.39, 0.29) is 105 Å². The number of thiazole rings is 6. The van der Waals surface area contributed by atoms with Crippen LogP contribution in [-0.4, -0.2) is 103 Å². The number of piperidine rings is 1. The first-order valence-corrected chi connectivity index (χ1v) is 56.8. The minimum absolute atomic E-state index is 0. The summed E-state index contributed by atoms with van der Waals surface area (Å²) < 4.78 is 36.3. The van der Waals surface area contributed by atoms with Crippen LogP contribution >= 0.6 is 175 Å². The Morgan fingerprint density at radius 2 is 0.843 bits per heavy atom. The predicted molar refractivity (Wildman–Crippen MR) is 598 cm³/mol. The molecule has 1 atom stereocenters. The number of hydrogen-bond donors (Lipinski definition) is 9. The number of rotatable bonds is 21. The van der Waals surface area contributed by atoms with Crippen molar-refractivity contribution in [3.63, 3.8) is 0 Å². The van der Waals surface area contributed by atoms with Gasteiger partial charge in [-0.15, -0.1) is 58.4 Å². The van der Waals surface area contributed by atoms with E-state index in [1.165, 1.54) is 153 Å². The summed E-state index contributed by atoms with van der Waals surface area (Å²) in [5, 5.41) is 45.0. The molecule has 1 saturated heterocycles. The van der Waals surface area contributed by atoms with Crippen LogP contribution in [0, 0.1) is 62.9 Å². The summed E-state index contributed by atoms with van der Waals surface area (Å²) in [5.41, 5.74) is 28.9. The predicted octanol–water partition coefficient (Wildman–Crippen LogP) is 25.7. The quantitative estimate of drug-likeness (QED) is 0.00805. The minimum atomic E-state index is -0.994. The number of nitrogens with one attached hydrogen (secondary N) is 4. The number of nitrogen functional groups attached to an aromatic ring is 3. The Kier molecular flexibility index (Phi) is 58.9. The van der Waals surface area contributed by atoms with Crippen molar-refractivity contribution in [2.45, 2.75) is 332 Å². The Balaban J connectivity index is 0.000000412. The normalized spacial score (nSPS) is 13.5. The third-order valence-corrected chi connectivity index (χ3v) is 33.7. The molecular weight excluding hydrogens is 2230 g/mol. The fourth-order valence-corrected chi connectivity index (χ4v) is 23.5. The van der Waals surface area contributed by atoms with Crippen LogP contribution in [0.25, 0.3) is 0 Å². The van der Waals surface area contributed by atoms with Gasteiger partial charge in [0.05, 0.1) is 124 Å². The molecule has 0 radical (unpaired) electrons. The van der Waals surface area contributed by atoms with Gasteiger partial charge < -0.3 is 84.0 Å². The fraction of sp³-hybridized carbons (Fsp3) is 0.526. The van der Waals surface area contributed by atoms with Gasteiger partial charge in [0, 0.05) is 69.2 Å². The number of aromatic carboxylic acids is 1. The first-order chi connectivity index (χ1) is 64.5. The molecule has 764 valence electrons. The van der Waals surface area contributed by atoms with Crippen molar-refractivity contribution in [3.05, 3.63) is 174 Å². The van der Waals surface area contributed by atoms with E-state index in [4.69, 9.17) is 65.6 Å². The Bertz CT molecular complexity index is 5480. The summed E-state index contributed by atoms with van der Waals surface area (Å²) in [6.07, 6.45) is 26.0. The molecule has 3 fully saturated rings. The van der Waals surface area contributed by atoms with Crippen LogP contribution in [0.1, 0.15) is 299 Å². The molecule has 0 spiro atoms. The summed E-state index contributed by atoms with van der Waals surface area (Å²) in [7, 11) is 0. The number of alkyl halides is 1. The second-order valence-corrected chi connectivity index (χ2v) is 51.9. The zero-order valence-corrected chi connectivity index (χ0v) is 100. The van der Waals surface area contributed by atoms with Gasteiger partial charge in [-0.25, -0.2) is 64.9 Å². The van der Waals surface area contributed by atoms with Crippen molar-refractivity contribution in [2.75, 3.05) is 46.2 Å². The molecule has 12 aromatic rings. The van der Waals surface area contributed by atoms with Gasteiger partial charge in [-0.1, -0.05) is 242 Å². The molecule has 140 heavy (non-hydrogen) atoms. The van der Waals surface area contributed by atoms with Gasteiger partial charge in [0.2, 0.25) is 35.4 Å². The van der Waals surface area contributed by atoms with Crippen molar-refractivity contribution in [1.82, 2.24) is 60.1 Å². The first-order valence-electron chi connectivity index (χ1n) is 44.1. The summed E-state index contributed by atoms with van der Waals surface area (Å²) in [6.45, 7) is 49.1. The van der Waals surface area contributed by atoms with E-state index in [1.807, 2.05) is 57.9 Å². The number of halogens is 3. The molecule has 15 rings (SSSR count). The van der Waals surface area contributed by atoms with Crippen LogP contribution in [0.15, 0.2) is 119 Å². The van der Waals surface area contributed by atoms with Gasteiger partial charge in [-0.2, -0.15) is 5.26 Å². The van der Waals surface area contributed by atoms with Crippen LogP contribution in [-0.2, 0) is 72.8 Å². The van der Waals surface area contributed by atoms with Crippen LogP contribution in [0.5, 0.6) is 0 Å². The molecule has 45 heteroatoms. The maximum atomic E-state index is 10.9. The largest absolute Gasteiger partial charge is 1.00 e. The average Bonchev–Trinajstić information content (AvgIpc) is 1.70. The molecule has 2 saturated carbocycles. The van der Waals surface area contributed by atoms with Crippen LogP contribution in [0.2, 0.25) is 0 Å². The number of hydrogen-bond acceptors (Lipinski definition) is 39. The first kappa shape index (κ1) is 129. The molecule has 3 aliphatic rings. The molecule has 1 amide bonds. The molecule has 0 bridgehead atoms. The second-order valence-electron chi connectivity index (χ2n) is 36.4. The summed E-state index contributed by atoms with van der Waals surface area (Å²) in [5.74, 6) is 10.1. The Morgan fingerprint density at radius 1 is 0.507 bits per heavy atom. The molecule has 1 aromatic carbocycles. The number of carbonyl (C=O) groups excluding carboxylic acids is 1. The third kappa shape index (κ3) is 48.1. The standard InChI is InChI=1S/C18H27N3OS2.C17H26N4OS2.C12H15BrN2OS2.C12H17N3OS2.C10H9NO3.C8H12BrNO.C6H13N.C5H5N3S2.C4H5BrN2S.CHNS.2CH4.K/c1-12-16(23-11-15-19-10-14(22-15)18(2,3)4)24-17(20-12)21-13-8-6-5-7-9-13;1-11-15(23-10-14-19-9-13(22-14)17(2,3)4)24-16(20-11)21-12-6-5-7-18-8-12;2*1-7-10(18-11(13)15-7)17-6-9-14-5-8(16-9)12(2,3)4;1-2-9(12)11-8-5-3-7(4-6-8)10(13)14;1-8(2,3)6-5-10-7(4-9)11-6;7-6-4-2-1-3-5-6;1-3-4(9-2-6)10-5(7)8-3;1-2-3(5)8-4(6)7-2;2-1-3;;;/h10,13H,5-9,11H2,1-4H3,(H,20,21);9,12,18H,5-8,10H2,1-4H3,(H,20,21);5H,6H2,1-4H3;5H,6H2,1-4H3,(H2,13,15);2-6H,1H2,(H,11,12)(H,13,14);5H,4H2,1-3H3;6H,1-5,7H2;1H3,(H2,7,8);1H3,(H2,6,7);3H;2*1H4;/q;;;;;;;;;;;;+1/p-1/t;12-;;;;;;;;;;;/m.1.........../s1. The number of aromatic nitrogens is 11. The van der Waals surface area contributed by atoms with Crippen LogP contribution in [0.3, 0.4) is 0 Å². The fourth-order valence-electron chi connectivity index (χ4n) is 11.8. The zero-order valence-electron chi connectivity index (χ0n) is 82.6. The zero-order chi connectivity index (χ0) is 102. The number of nitrogens with zero attached hydrogens (tertiary/aromatic N) is 13. The van der Waals surface area contributed by atoms with E-state index in [9.17, 15) is 9.59 Å². The van der Waals surface area contributed by atoms with Crippen molar-refractivity contribution in [2.24, 2.45) is 5.73 Å². The van der Waals surface area contributed by atoms with Crippen molar-refractivity contribution in [1.29, 1.82) is 10.5 Å². The molecule has 2 aliphatic carbocycles. The number of carboxylic acids is 1. The van der Waals surface area contributed by atoms with E-state index in [2.05, 4.69) is 256 Å². The van der Waals surface area contributed by atoms with Crippen molar-refractivity contribution < 1.29 is 88.2 Å². The number of carboxylic acid groups (broad SMARTS) is 1. The molecular formula is C95H137Br3KN21O8S12. The average molecular weight is 2360 g/mol. The van der Waals surface area contributed by atoms with Gasteiger partial charge in [0.1, 0.15) is 34.2 Å². The molecule has 11 aromatic heterocycles. The number of benzene rings is 1. The van der Waals surface area contributed by atoms with Gasteiger partial charge in [-0.05, 0) is 149 Å². The van der Waals surface area contributed by atoms with Gasteiger partial charge in [0.15, 0.2) is 29.6 Å². The van der Waals surface area contributed by atoms with E-state index in [1.54, 1.807) is 87.3 Å². The Labute approximate surface area is 946 Å². The number of nitriles is 2. The monoisotopic (exact) mass is 2360 g/mol. The van der Waals surface area contributed by atoms with E-state index in [0.29, 0.717) is 50.3 Å². The second kappa shape index (κ2) is 64.0. The number of carbonyl (C=O) groups is 2. The Hall–Kier alpha value is -5.32. The van der Waals surface area contributed by atoms with Crippen molar-refractivity contribution in [3.8, 4) is 10.8 Å². The van der Waals surface area contributed by atoms with E-state index in [0.717, 1.165) is 167 Å². The molecule has 29 nitrogen and oxygen atoms in total. The number of anilines is 6. The summed E-state index contributed by atoms with van der Waals surface area (Å²) in [4.78, 5) is 68.7. The van der Waals surface area contributed by atoms with Crippen LogP contribution < -0.4 is 95.6 Å². The van der Waals surface area contributed by atoms with E-state index < -0.39 is 5.97 Å². The summed E-state index contributed by atoms with van der Waals surface area (Å²) >= 11 is 31.1. The number of thiocyanates is 2. The SMILES string of the molecule is C.C.C=CC(=O)Nc1ccc(C(=O)O)cc1.CC(C)(C)c1cnc(CBr)o1.Cc1nc(Br)sc1SCc1ncc(C(C)(C)C)o1.Cc1nc(N)sc1Br.Cc1nc(N)sc1SC#N.Cc1nc(N)sc1SCc1ncc(C(C)(C)C)o1.Cc1nc(NC2CCCCC2)sc1SCc1ncc(C(C)(C)C)o1.Cc1nc(N[C@@H]2CCCNC2)sc1SCc1ncc(C(C)(C)C)o1.N#C[S-].NC1CCCCC1.[K+]. The molecule has 0 unspecified atom stereocenters. The Morgan fingerprint density at radius 3 is 1.13 bits per heavy atom. The number of thioether (sulfide) groups is 5. The molecule has 12 heterocycles. The maximum absolute atomic E-state index is 10.9. The van der Waals surface area contributed by atoms with Crippen LogP contribution in [0.4, 0.5) is 31.3 Å².